The number of primary amides is 1. The minimum absolute atomic E-state index is 0.106. The lowest BCUT2D eigenvalue weighted by molar-refractivity contribution is -0.159. The van der Waals surface area contributed by atoms with Gasteiger partial charge in [0.1, 0.15) is 29.3 Å². The molecule has 11 nitrogen and oxygen atoms in total. The van der Waals surface area contributed by atoms with Gasteiger partial charge in [-0.25, -0.2) is 9.59 Å². The van der Waals surface area contributed by atoms with Gasteiger partial charge >= 0.3 is 12.1 Å². The van der Waals surface area contributed by atoms with Gasteiger partial charge in [0, 0.05) is 18.9 Å². The molecule has 2 aromatic rings. The lowest BCUT2D eigenvalue weighted by Crippen LogP contribution is -2.53. The van der Waals surface area contributed by atoms with E-state index >= 15 is 0 Å². The number of ether oxygens (including phenoxy) is 2. The van der Waals surface area contributed by atoms with Crippen LogP contribution >= 0.6 is 0 Å². The number of carbonyl (C=O) groups excluding carboxylic acids is 5. The molecule has 0 aliphatic heterocycles. The summed E-state index contributed by atoms with van der Waals surface area (Å²) in [5.74, 6) is -2.99. The maximum Gasteiger partial charge on any atom is 0.408 e. The second-order valence-electron chi connectivity index (χ2n) is 12.8. The number of hydrogen-bond donors (Lipinski definition) is 3. The molecule has 3 atom stereocenters. The summed E-state index contributed by atoms with van der Waals surface area (Å²) in [4.78, 5) is 66.7. The fourth-order valence-corrected chi connectivity index (χ4v) is 4.45. The van der Waals surface area contributed by atoms with E-state index in [2.05, 4.69) is 16.7 Å². The van der Waals surface area contributed by atoms with E-state index < -0.39 is 59.1 Å². The first-order valence-corrected chi connectivity index (χ1v) is 15.2. The highest BCUT2D eigenvalue weighted by molar-refractivity contribution is 5.95. The van der Waals surface area contributed by atoms with Gasteiger partial charge in [0.2, 0.25) is 11.8 Å². The highest BCUT2D eigenvalue weighted by atomic mass is 16.6. The van der Waals surface area contributed by atoms with Gasteiger partial charge in [-0.2, -0.15) is 0 Å². The standard InChI is InChI=1S/C35H46N4O7/c1-9-23-16-18-25(19-17-23)29(30(41)37-27(32(43)45-34(3,4)5)22-24-14-12-11-13-15-24)39(10-2)31(42)26(20-21-28(36)40)38-33(44)46-35(6,7)8/h2,11-19,26-27,29H,9,20-22H2,1,3-8H3,(H2,36,40)(H,37,41)(H,38,44). The summed E-state index contributed by atoms with van der Waals surface area (Å²) in [6.07, 6.45) is 5.32. The molecule has 0 aromatic heterocycles. The third-order valence-electron chi connectivity index (χ3n) is 6.55. The van der Waals surface area contributed by atoms with E-state index in [0.717, 1.165) is 22.4 Å². The average molecular weight is 635 g/mol. The Morgan fingerprint density at radius 1 is 0.848 bits per heavy atom. The van der Waals surface area contributed by atoms with Crippen LogP contribution in [0.15, 0.2) is 54.6 Å². The van der Waals surface area contributed by atoms with Crippen molar-refractivity contribution in [3.63, 3.8) is 0 Å². The Hall–Kier alpha value is -4.85. The maximum atomic E-state index is 14.2. The molecule has 0 radical (unpaired) electrons. The monoisotopic (exact) mass is 634 g/mol. The smallest absolute Gasteiger partial charge is 0.408 e. The first-order chi connectivity index (χ1) is 21.4. The topological polar surface area (TPSA) is 157 Å². The summed E-state index contributed by atoms with van der Waals surface area (Å²) in [7, 11) is 0. The highest BCUT2D eigenvalue weighted by Crippen LogP contribution is 2.24. The van der Waals surface area contributed by atoms with Crippen molar-refractivity contribution in [2.45, 2.75) is 103 Å². The number of carbonyl (C=O) groups is 5. The summed E-state index contributed by atoms with van der Waals surface area (Å²) in [6.45, 7) is 12.1. The van der Waals surface area contributed by atoms with Crippen molar-refractivity contribution in [2.24, 2.45) is 5.73 Å². The molecular formula is C35H46N4O7. The van der Waals surface area contributed by atoms with Crippen molar-refractivity contribution >= 4 is 29.8 Å². The van der Waals surface area contributed by atoms with Crippen LogP contribution in [0.4, 0.5) is 4.79 Å². The van der Waals surface area contributed by atoms with Gasteiger partial charge in [-0.3, -0.25) is 19.3 Å². The fraction of sp³-hybridized carbons (Fsp3) is 0.457. The van der Waals surface area contributed by atoms with Gasteiger partial charge in [0.15, 0.2) is 0 Å². The second-order valence-corrected chi connectivity index (χ2v) is 12.8. The molecule has 0 aliphatic rings. The number of nitrogens with two attached hydrogens (primary N) is 1. The molecule has 0 spiro atoms. The van der Waals surface area contributed by atoms with Gasteiger partial charge in [0.25, 0.3) is 5.91 Å². The molecule has 46 heavy (non-hydrogen) atoms. The zero-order chi connectivity index (χ0) is 34.7. The Morgan fingerprint density at radius 3 is 1.93 bits per heavy atom. The molecule has 2 rings (SSSR count). The number of terminal acetylenes is 1. The predicted octanol–water partition coefficient (Wildman–Crippen LogP) is 3.94. The summed E-state index contributed by atoms with van der Waals surface area (Å²) >= 11 is 0. The van der Waals surface area contributed by atoms with E-state index in [1.165, 1.54) is 0 Å². The molecule has 2 aromatic carbocycles. The lowest BCUT2D eigenvalue weighted by atomic mass is 9.99. The summed E-state index contributed by atoms with van der Waals surface area (Å²) in [5.41, 5.74) is 5.72. The Bertz CT molecular complexity index is 1400. The maximum absolute atomic E-state index is 14.2. The van der Waals surface area contributed by atoms with E-state index in [1.807, 2.05) is 37.3 Å². The number of nitrogens with zero attached hydrogens (tertiary/aromatic N) is 1. The van der Waals surface area contributed by atoms with Crippen LogP contribution in [0.2, 0.25) is 0 Å². The van der Waals surface area contributed by atoms with E-state index in [1.54, 1.807) is 65.8 Å². The van der Waals surface area contributed by atoms with Crippen LogP contribution in [0.1, 0.15) is 84.0 Å². The average Bonchev–Trinajstić information content (AvgIpc) is 2.96. The van der Waals surface area contributed by atoms with E-state index in [0.29, 0.717) is 5.56 Å². The third kappa shape index (κ3) is 12.3. The molecule has 0 aliphatic carbocycles. The molecule has 0 fully saturated rings. The van der Waals surface area contributed by atoms with E-state index in [-0.39, 0.29) is 19.3 Å². The Balaban J connectivity index is 2.56. The number of nitrogens with one attached hydrogen (secondary N) is 2. The first kappa shape index (κ1) is 37.3. The number of rotatable bonds is 13. The third-order valence-corrected chi connectivity index (χ3v) is 6.55. The fourth-order valence-electron chi connectivity index (χ4n) is 4.45. The van der Waals surface area contributed by atoms with Crippen LogP contribution in [-0.2, 0) is 41.5 Å². The van der Waals surface area contributed by atoms with Gasteiger partial charge in [-0.1, -0.05) is 67.9 Å². The normalized spacial score (nSPS) is 13.3. The van der Waals surface area contributed by atoms with Crippen LogP contribution in [0, 0.1) is 12.5 Å². The molecule has 4 amide bonds. The Kier molecular flexibility index (Phi) is 13.4. The first-order valence-electron chi connectivity index (χ1n) is 15.2. The van der Waals surface area contributed by atoms with Crippen molar-refractivity contribution in [3.05, 3.63) is 71.3 Å². The zero-order valence-electron chi connectivity index (χ0n) is 27.7. The summed E-state index contributed by atoms with van der Waals surface area (Å²) in [6, 6.07) is 14.4. The van der Waals surface area contributed by atoms with Crippen molar-refractivity contribution in [3.8, 4) is 12.5 Å². The number of hydrogen-bond acceptors (Lipinski definition) is 7. The Labute approximate surface area is 271 Å². The van der Waals surface area contributed by atoms with Crippen LogP contribution in [-0.4, -0.2) is 58.0 Å². The second kappa shape index (κ2) is 16.5. The van der Waals surface area contributed by atoms with E-state index in [9.17, 15) is 24.0 Å². The van der Waals surface area contributed by atoms with Crippen molar-refractivity contribution in [2.75, 3.05) is 0 Å². The lowest BCUT2D eigenvalue weighted by Gasteiger charge is -2.32. The minimum atomic E-state index is -1.43. The Morgan fingerprint density at radius 2 is 1.43 bits per heavy atom. The van der Waals surface area contributed by atoms with Crippen LogP contribution < -0.4 is 16.4 Å². The van der Waals surface area contributed by atoms with Gasteiger partial charge in [-0.05, 0) is 71.1 Å². The highest BCUT2D eigenvalue weighted by Gasteiger charge is 2.38. The number of amides is 4. The summed E-state index contributed by atoms with van der Waals surface area (Å²) < 4.78 is 10.9. The number of aryl methyl sites for hydroxylation is 1. The largest absolute Gasteiger partial charge is 0.458 e. The van der Waals surface area contributed by atoms with Crippen LogP contribution in [0.3, 0.4) is 0 Å². The number of benzene rings is 2. The van der Waals surface area contributed by atoms with E-state index in [4.69, 9.17) is 21.6 Å². The molecule has 11 heteroatoms. The molecule has 0 heterocycles. The molecular weight excluding hydrogens is 588 g/mol. The SMILES string of the molecule is C#CN(C(=O)C(CCC(N)=O)NC(=O)OC(C)(C)C)C(C(=O)NC(Cc1ccccc1)C(=O)OC(C)(C)C)c1ccc(CC)cc1. The molecule has 0 bridgehead atoms. The quantitative estimate of drug-likeness (QED) is 0.171. The zero-order valence-corrected chi connectivity index (χ0v) is 27.7. The number of esters is 1. The summed E-state index contributed by atoms with van der Waals surface area (Å²) in [5, 5.41) is 5.22. The van der Waals surface area contributed by atoms with Crippen LogP contribution in [0.5, 0.6) is 0 Å². The van der Waals surface area contributed by atoms with Crippen molar-refractivity contribution < 1.29 is 33.4 Å². The van der Waals surface area contributed by atoms with Crippen LogP contribution in [0.25, 0.3) is 0 Å². The molecule has 0 saturated heterocycles. The van der Waals surface area contributed by atoms with Gasteiger partial charge < -0.3 is 25.8 Å². The van der Waals surface area contributed by atoms with Crippen molar-refractivity contribution in [1.29, 1.82) is 0 Å². The van der Waals surface area contributed by atoms with Crippen molar-refractivity contribution in [1.82, 2.24) is 15.5 Å². The molecule has 3 unspecified atom stereocenters. The molecule has 248 valence electrons. The number of alkyl carbamates (subject to hydrolysis) is 1. The van der Waals surface area contributed by atoms with Gasteiger partial charge in [0.05, 0.1) is 0 Å². The molecule has 0 saturated carbocycles. The minimum Gasteiger partial charge on any atom is -0.458 e. The van der Waals surface area contributed by atoms with Gasteiger partial charge in [-0.15, -0.1) is 0 Å². The predicted molar refractivity (Wildman–Crippen MR) is 174 cm³/mol. The molecule has 4 N–H and O–H groups in total.